The molecule has 0 heterocycles. The van der Waals surface area contributed by atoms with Crippen LogP contribution in [-0.2, 0) is 9.59 Å². The van der Waals surface area contributed by atoms with Crippen molar-refractivity contribution < 1.29 is 14.7 Å². The molecule has 0 bridgehead atoms. The van der Waals surface area contributed by atoms with E-state index in [-0.39, 0.29) is 5.91 Å². The van der Waals surface area contributed by atoms with Gasteiger partial charge in [0.05, 0.1) is 11.8 Å². The van der Waals surface area contributed by atoms with E-state index >= 15 is 0 Å². The van der Waals surface area contributed by atoms with Crippen molar-refractivity contribution >= 4 is 17.6 Å². The summed E-state index contributed by atoms with van der Waals surface area (Å²) in [5.41, 5.74) is 2.43. The van der Waals surface area contributed by atoms with Crippen LogP contribution in [0, 0.1) is 24.2 Å². The number of aryl methyl sites for hydroxylation is 1. The molecule has 1 amide bonds. The molecule has 0 radical (unpaired) electrons. The number of anilines is 1. The van der Waals surface area contributed by atoms with Gasteiger partial charge in [0.15, 0.2) is 0 Å². The first-order valence-corrected chi connectivity index (χ1v) is 7.31. The number of amides is 1. The summed E-state index contributed by atoms with van der Waals surface area (Å²) in [6.07, 6.45) is 0. The van der Waals surface area contributed by atoms with Crippen molar-refractivity contribution in [1.82, 2.24) is 0 Å². The largest absolute Gasteiger partial charge is 0.481 e. The predicted molar refractivity (Wildman–Crippen MR) is 82.3 cm³/mol. The van der Waals surface area contributed by atoms with Crippen molar-refractivity contribution in [1.29, 1.82) is 0 Å². The van der Waals surface area contributed by atoms with Crippen LogP contribution in [0.4, 0.5) is 5.69 Å². The zero-order chi connectivity index (χ0) is 15.9. The van der Waals surface area contributed by atoms with Gasteiger partial charge in [0.1, 0.15) is 0 Å². The van der Waals surface area contributed by atoms with Gasteiger partial charge >= 0.3 is 5.97 Å². The van der Waals surface area contributed by atoms with Gasteiger partial charge in [-0.2, -0.15) is 0 Å². The highest BCUT2D eigenvalue weighted by Gasteiger charge is 2.65. The Morgan fingerprint density at radius 3 is 2.33 bits per heavy atom. The van der Waals surface area contributed by atoms with Crippen molar-refractivity contribution in [2.45, 2.75) is 40.5 Å². The van der Waals surface area contributed by atoms with E-state index < -0.39 is 23.2 Å². The fourth-order valence-corrected chi connectivity index (χ4v) is 3.13. The molecule has 2 N–H and O–H groups in total. The maximum atomic E-state index is 12.5. The number of hydrogen-bond donors (Lipinski definition) is 2. The Bertz CT molecular complexity index is 590. The lowest BCUT2D eigenvalue weighted by atomic mass is 9.98. The van der Waals surface area contributed by atoms with Crippen LogP contribution >= 0.6 is 0 Å². The third kappa shape index (κ3) is 2.67. The van der Waals surface area contributed by atoms with E-state index in [2.05, 4.69) is 19.2 Å². The number of aliphatic carboxylic acids is 1. The lowest BCUT2D eigenvalue weighted by Gasteiger charge is -2.16. The molecule has 1 fully saturated rings. The van der Waals surface area contributed by atoms with Gasteiger partial charge < -0.3 is 10.4 Å². The average Bonchev–Trinajstić information content (AvgIpc) is 2.94. The van der Waals surface area contributed by atoms with Gasteiger partial charge in [0.25, 0.3) is 0 Å². The van der Waals surface area contributed by atoms with E-state index in [4.69, 9.17) is 0 Å². The Labute approximate surface area is 125 Å². The van der Waals surface area contributed by atoms with Gasteiger partial charge in [-0.3, -0.25) is 9.59 Å². The summed E-state index contributed by atoms with van der Waals surface area (Å²) in [6, 6.07) is 5.93. The van der Waals surface area contributed by atoms with Gasteiger partial charge in [0.2, 0.25) is 5.91 Å². The molecule has 114 valence electrons. The minimum atomic E-state index is -0.894. The first kappa shape index (κ1) is 15.5. The highest BCUT2D eigenvalue weighted by Crippen LogP contribution is 2.58. The SMILES string of the molecule is Cc1cccc(C(C)C)c1NC(=O)[C@H]1[C@@H](C(=O)O)C1(C)C. The molecule has 4 nitrogen and oxygen atoms in total. The summed E-state index contributed by atoms with van der Waals surface area (Å²) < 4.78 is 0. The number of para-hydroxylation sites is 1. The Morgan fingerprint density at radius 2 is 1.86 bits per heavy atom. The second kappa shape index (κ2) is 5.17. The number of carbonyl (C=O) groups is 2. The summed E-state index contributed by atoms with van der Waals surface area (Å²) >= 11 is 0. The van der Waals surface area contributed by atoms with E-state index in [1.165, 1.54) is 0 Å². The maximum Gasteiger partial charge on any atom is 0.307 e. The normalized spacial score (nSPS) is 23.0. The summed E-state index contributed by atoms with van der Waals surface area (Å²) in [4.78, 5) is 23.7. The number of carboxylic acids is 1. The molecule has 0 aromatic heterocycles. The lowest BCUT2D eigenvalue weighted by Crippen LogP contribution is -2.19. The van der Waals surface area contributed by atoms with Crippen LogP contribution in [0.25, 0.3) is 0 Å². The smallest absolute Gasteiger partial charge is 0.307 e. The molecule has 0 unspecified atom stereocenters. The molecule has 2 rings (SSSR count). The van der Waals surface area contributed by atoms with Gasteiger partial charge in [-0.05, 0) is 29.4 Å². The summed E-state index contributed by atoms with van der Waals surface area (Å²) in [7, 11) is 0. The first-order valence-electron chi connectivity index (χ1n) is 7.31. The highest BCUT2D eigenvalue weighted by atomic mass is 16.4. The summed E-state index contributed by atoms with van der Waals surface area (Å²) in [6.45, 7) is 9.76. The molecule has 21 heavy (non-hydrogen) atoms. The average molecular weight is 289 g/mol. The molecule has 1 aromatic rings. The number of carboxylic acid groups (broad SMARTS) is 1. The van der Waals surface area contributed by atoms with E-state index in [1.54, 1.807) is 0 Å². The van der Waals surface area contributed by atoms with Gasteiger partial charge in [-0.1, -0.05) is 45.9 Å². The minimum absolute atomic E-state index is 0.191. The third-order valence-electron chi connectivity index (χ3n) is 4.55. The molecule has 1 aliphatic carbocycles. The van der Waals surface area contributed by atoms with E-state index in [0.717, 1.165) is 16.8 Å². The Kier molecular flexibility index (Phi) is 3.83. The zero-order valence-electron chi connectivity index (χ0n) is 13.2. The van der Waals surface area contributed by atoms with Crippen LogP contribution in [0.1, 0.15) is 44.7 Å². The predicted octanol–water partition coefficient (Wildman–Crippen LogP) is 3.41. The molecular formula is C17H23NO3. The third-order valence-corrected chi connectivity index (χ3v) is 4.55. The molecule has 0 saturated heterocycles. The highest BCUT2D eigenvalue weighted by molar-refractivity contribution is 6.00. The van der Waals surface area contributed by atoms with Crippen molar-refractivity contribution in [3.63, 3.8) is 0 Å². The number of benzene rings is 1. The molecule has 0 spiro atoms. The summed E-state index contributed by atoms with van der Waals surface area (Å²) in [5.74, 6) is -1.85. The topological polar surface area (TPSA) is 66.4 Å². The second-order valence-corrected chi connectivity index (χ2v) is 6.80. The van der Waals surface area contributed by atoms with E-state index in [1.807, 2.05) is 39.0 Å². The molecule has 1 aromatic carbocycles. The molecule has 0 aliphatic heterocycles. The van der Waals surface area contributed by atoms with E-state index in [0.29, 0.717) is 5.92 Å². The van der Waals surface area contributed by atoms with Crippen molar-refractivity contribution in [3.8, 4) is 0 Å². The standard InChI is InChI=1S/C17H23NO3/c1-9(2)11-8-6-7-10(3)14(11)18-15(19)12-13(16(20)21)17(12,4)5/h6-9,12-13H,1-5H3,(H,18,19)(H,20,21)/t12-,13+/m1/s1. The van der Waals surface area contributed by atoms with Gasteiger partial charge in [0, 0.05) is 5.69 Å². The lowest BCUT2D eigenvalue weighted by molar-refractivity contribution is -0.140. The van der Waals surface area contributed by atoms with Crippen LogP contribution in [0.2, 0.25) is 0 Å². The van der Waals surface area contributed by atoms with Crippen molar-refractivity contribution in [2.24, 2.45) is 17.3 Å². The Morgan fingerprint density at radius 1 is 1.24 bits per heavy atom. The van der Waals surface area contributed by atoms with Crippen LogP contribution in [0.3, 0.4) is 0 Å². The zero-order valence-corrected chi connectivity index (χ0v) is 13.2. The quantitative estimate of drug-likeness (QED) is 0.892. The monoisotopic (exact) mass is 289 g/mol. The number of carbonyl (C=O) groups excluding carboxylic acids is 1. The van der Waals surface area contributed by atoms with Crippen LogP contribution < -0.4 is 5.32 Å². The van der Waals surface area contributed by atoms with Crippen LogP contribution in [-0.4, -0.2) is 17.0 Å². The second-order valence-electron chi connectivity index (χ2n) is 6.80. The number of rotatable bonds is 4. The van der Waals surface area contributed by atoms with Gasteiger partial charge in [-0.25, -0.2) is 0 Å². The van der Waals surface area contributed by atoms with E-state index in [9.17, 15) is 14.7 Å². The van der Waals surface area contributed by atoms with Crippen molar-refractivity contribution in [2.75, 3.05) is 5.32 Å². The summed E-state index contributed by atoms with van der Waals surface area (Å²) in [5, 5.41) is 12.2. The molecule has 4 heteroatoms. The maximum absolute atomic E-state index is 12.5. The van der Waals surface area contributed by atoms with Crippen molar-refractivity contribution in [3.05, 3.63) is 29.3 Å². The fraction of sp³-hybridized carbons (Fsp3) is 0.529. The van der Waals surface area contributed by atoms with Crippen LogP contribution in [0.5, 0.6) is 0 Å². The first-order chi connectivity index (χ1) is 9.67. The molecule has 2 atom stereocenters. The Hall–Kier alpha value is -1.84. The molecular weight excluding hydrogens is 266 g/mol. The number of nitrogens with one attached hydrogen (secondary N) is 1. The Balaban J connectivity index is 2.24. The number of hydrogen-bond acceptors (Lipinski definition) is 2. The van der Waals surface area contributed by atoms with Gasteiger partial charge in [-0.15, -0.1) is 0 Å². The van der Waals surface area contributed by atoms with Crippen LogP contribution in [0.15, 0.2) is 18.2 Å². The fourth-order valence-electron chi connectivity index (χ4n) is 3.13. The minimum Gasteiger partial charge on any atom is -0.481 e. The molecule has 1 saturated carbocycles. The molecule has 1 aliphatic rings.